The molecule has 1 heterocycles. The second-order valence-corrected chi connectivity index (χ2v) is 3.19. The highest BCUT2D eigenvalue weighted by atomic mass is 16.5. The molecule has 1 aromatic carbocycles. The molecule has 0 aliphatic heterocycles. The van der Waals surface area contributed by atoms with E-state index in [9.17, 15) is 0 Å². The number of aliphatic hydroxyl groups excluding tert-OH is 1. The van der Waals surface area contributed by atoms with Crippen LogP contribution in [0.4, 0.5) is 0 Å². The summed E-state index contributed by atoms with van der Waals surface area (Å²) >= 11 is 0. The van der Waals surface area contributed by atoms with E-state index in [-0.39, 0.29) is 6.61 Å². The van der Waals surface area contributed by atoms with E-state index in [0.29, 0.717) is 13.0 Å². The average molecular weight is 207 g/mol. The van der Waals surface area contributed by atoms with Crippen molar-refractivity contribution in [3.63, 3.8) is 0 Å². The van der Waals surface area contributed by atoms with E-state index in [1.165, 1.54) is 0 Å². The van der Waals surface area contributed by atoms with Crippen molar-refractivity contribution in [2.45, 2.75) is 13.3 Å². The summed E-state index contributed by atoms with van der Waals surface area (Å²) in [7, 11) is 0. The maximum atomic E-state index is 8.86. The average Bonchev–Trinajstić information content (AvgIpc) is 2.63. The van der Waals surface area contributed by atoms with Crippen molar-refractivity contribution in [1.82, 2.24) is 5.16 Å². The number of aliphatic hydroxyl groups is 1. The van der Waals surface area contributed by atoms with Crippen LogP contribution in [0.5, 0.6) is 5.75 Å². The maximum Gasteiger partial charge on any atom is 0.167 e. The Morgan fingerprint density at radius 2 is 2.33 bits per heavy atom. The lowest BCUT2D eigenvalue weighted by Crippen LogP contribution is -1.92. The number of fused-ring (bicyclic) bond motifs is 1. The van der Waals surface area contributed by atoms with Gasteiger partial charge in [-0.15, -0.1) is 0 Å². The van der Waals surface area contributed by atoms with Crippen molar-refractivity contribution in [3.8, 4) is 5.75 Å². The fourth-order valence-electron chi connectivity index (χ4n) is 1.51. The van der Waals surface area contributed by atoms with E-state index < -0.39 is 0 Å². The Hall–Kier alpha value is -1.55. The molecule has 0 saturated heterocycles. The lowest BCUT2D eigenvalue weighted by atomic mass is 10.2. The Morgan fingerprint density at radius 3 is 3.07 bits per heavy atom. The van der Waals surface area contributed by atoms with Crippen molar-refractivity contribution in [2.75, 3.05) is 13.2 Å². The van der Waals surface area contributed by atoms with Gasteiger partial charge in [-0.1, -0.05) is 5.16 Å². The molecule has 80 valence electrons. The summed E-state index contributed by atoms with van der Waals surface area (Å²) in [5.74, 6) is 0.799. The van der Waals surface area contributed by atoms with E-state index in [0.717, 1.165) is 22.4 Å². The first-order valence-electron chi connectivity index (χ1n) is 4.97. The van der Waals surface area contributed by atoms with Gasteiger partial charge in [0.1, 0.15) is 5.75 Å². The zero-order valence-corrected chi connectivity index (χ0v) is 8.56. The molecule has 0 unspecified atom stereocenters. The van der Waals surface area contributed by atoms with Gasteiger partial charge >= 0.3 is 0 Å². The minimum absolute atomic E-state index is 0.0699. The van der Waals surface area contributed by atoms with Gasteiger partial charge in [0, 0.05) is 18.4 Å². The fourth-order valence-corrected chi connectivity index (χ4v) is 1.51. The van der Waals surface area contributed by atoms with Crippen LogP contribution in [0.25, 0.3) is 11.0 Å². The molecular formula is C11H13NO3. The third-order valence-electron chi connectivity index (χ3n) is 2.18. The Balaban J connectivity index is 2.42. The molecular weight excluding hydrogens is 194 g/mol. The molecule has 0 aliphatic rings. The zero-order chi connectivity index (χ0) is 10.7. The molecule has 0 spiro atoms. The third kappa shape index (κ3) is 1.94. The quantitative estimate of drug-likeness (QED) is 0.830. The van der Waals surface area contributed by atoms with Gasteiger partial charge in [0.25, 0.3) is 0 Å². The third-order valence-corrected chi connectivity index (χ3v) is 2.18. The summed E-state index contributed by atoms with van der Waals surface area (Å²) in [6.45, 7) is 2.64. The standard InChI is InChI=1S/C11H13NO3/c1-2-14-8-3-4-11-9(7-8)10(5-6-13)12-15-11/h3-4,7,13H,2,5-6H2,1H3. The Kier molecular flexibility index (Phi) is 2.87. The fraction of sp³-hybridized carbons (Fsp3) is 0.364. The molecule has 0 amide bonds. The maximum absolute atomic E-state index is 8.86. The van der Waals surface area contributed by atoms with E-state index >= 15 is 0 Å². The predicted octanol–water partition coefficient (Wildman–Crippen LogP) is 1.76. The summed E-state index contributed by atoms with van der Waals surface area (Å²) in [6.07, 6.45) is 0.503. The van der Waals surface area contributed by atoms with Crippen LogP contribution < -0.4 is 4.74 Å². The topological polar surface area (TPSA) is 55.5 Å². The van der Waals surface area contributed by atoms with E-state index in [1.807, 2.05) is 25.1 Å². The summed E-state index contributed by atoms with van der Waals surface area (Å²) in [5.41, 5.74) is 1.50. The molecule has 4 nitrogen and oxygen atoms in total. The summed E-state index contributed by atoms with van der Waals surface area (Å²) in [5, 5.41) is 13.7. The van der Waals surface area contributed by atoms with Crippen LogP contribution in [0.15, 0.2) is 22.7 Å². The van der Waals surface area contributed by atoms with Gasteiger partial charge in [-0.3, -0.25) is 0 Å². The van der Waals surface area contributed by atoms with Crippen molar-refractivity contribution >= 4 is 11.0 Å². The van der Waals surface area contributed by atoms with Crippen molar-refractivity contribution in [3.05, 3.63) is 23.9 Å². The molecule has 1 aromatic heterocycles. The van der Waals surface area contributed by atoms with Crippen molar-refractivity contribution in [2.24, 2.45) is 0 Å². The van der Waals surface area contributed by atoms with Gasteiger partial charge in [0.05, 0.1) is 12.3 Å². The summed E-state index contributed by atoms with van der Waals surface area (Å²) in [6, 6.07) is 5.56. The van der Waals surface area contributed by atoms with Gasteiger partial charge < -0.3 is 14.4 Å². The van der Waals surface area contributed by atoms with Gasteiger partial charge in [-0.2, -0.15) is 0 Å². The first-order valence-corrected chi connectivity index (χ1v) is 4.97. The summed E-state index contributed by atoms with van der Waals surface area (Å²) in [4.78, 5) is 0. The van der Waals surface area contributed by atoms with Crippen molar-refractivity contribution < 1.29 is 14.4 Å². The lowest BCUT2D eigenvalue weighted by Gasteiger charge is -2.01. The van der Waals surface area contributed by atoms with Crippen molar-refractivity contribution in [1.29, 1.82) is 0 Å². The van der Waals surface area contributed by atoms with Crippen LogP contribution in [-0.2, 0) is 6.42 Å². The monoisotopic (exact) mass is 207 g/mol. The molecule has 0 fully saturated rings. The zero-order valence-electron chi connectivity index (χ0n) is 8.56. The largest absolute Gasteiger partial charge is 0.494 e. The molecule has 2 rings (SSSR count). The minimum Gasteiger partial charge on any atom is -0.494 e. The molecule has 0 atom stereocenters. The minimum atomic E-state index is 0.0699. The van der Waals surface area contributed by atoms with Gasteiger partial charge in [-0.25, -0.2) is 0 Å². The van der Waals surface area contributed by atoms with Crippen LogP contribution in [0.1, 0.15) is 12.6 Å². The Morgan fingerprint density at radius 1 is 1.47 bits per heavy atom. The molecule has 2 aromatic rings. The van der Waals surface area contributed by atoms with E-state index in [1.54, 1.807) is 0 Å². The number of rotatable bonds is 4. The molecule has 0 radical (unpaired) electrons. The van der Waals surface area contributed by atoms with Gasteiger partial charge in [-0.05, 0) is 25.1 Å². The number of benzene rings is 1. The van der Waals surface area contributed by atoms with Gasteiger partial charge in [0.15, 0.2) is 5.58 Å². The predicted molar refractivity (Wildman–Crippen MR) is 56.0 cm³/mol. The van der Waals surface area contributed by atoms with Crippen LogP contribution in [-0.4, -0.2) is 23.5 Å². The van der Waals surface area contributed by atoms with E-state index in [4.69, 9.17) is 14.4 Å². The van der Waals surface area contributed by atoms with Gasteiger partial charge in [0.2, 0.25) is 0 Å². The number of hydrogen-bond acceptors (Lipinski definition) is 4. The smallest absolute Gasteiger partial charge is 0.167 e. The second-order valence-electron chi connectivity index (χ2n) is 3.19. The molecule has 4 heteroatoms. The normalized spacial score (nSPS) is 10.8. The number of hydrogen-bond donors (Lipinski definition) is 1. The highest BCUT2D eigenvalue weighted by molar-refractivity contribution is 5.81. The number of nitrogens with zero attached hydrogens (tertiary/aromatic N) is 1. The molecule has 0 saturated carbocycles. The summed E-state index contributed by atoms with van der Waals surface area (Å²) < 4.78 is 10.5. The highest BCUT2D eigenvalue weighted by Crippen LogP contribution is 2.24. The number of ether oxygens (including phenoxy) is 1. The lowest BCUT2D eigenvalue weighted by molar-refractivity contribution is 0.295. The molecule has 0 aliphatic carbocycles. The van der Waals surface area contributed by atoms with Crippen LogP contribution in [0.3, 0.4) is 0 Å². The number of aromatic nitrogens is 1. The first kappa shape index (κ1) is 9.98. The molecule has 0 bridgehead atoms. The Labute approximate surface area is 87.4 Å². The molecule has 15 heavy (non-hydrogen) atoms. The van der Waals surface area contributed by atoms with Crippen LogP contribution in [0.2, 0.25) is 0 Å². The molecule has 1 N–H and O–H groups in total. The van der Waals surface area contributed by atoms with E-state index in [2.05, 4.69) is 5.16 Å². The second kappa shape index (κ2) is 4.31. The highest BCUT2D eigenvalue weighted by Gasteiger charge is 2.08. The Bertz CT molecular complexity index is 450. The van der Waals surface area contributed by atoms with Crippen LogP contribution >= 0.6 is 0 Å². The SMILES string of the molecule is CCOc1ccc2onc(CCO)c2c1. The first-order chi connectivity index (χ1) is 7.35. The van der Waals surface area contributed by atoms with Crippen LogP contribution in [0, 0.1) is 0 Å².